The Morgan fingerprint density at radius 3 is 2.76 bits per heavy atom. The van der Waals surface area contributed by atoms with Crippen LogP contribution in [-0.4, -0.2) is 5.60 Å². The summed E-state index contributed by atoms with van der Waals surface area (Å²) in [5.41, 5.74) is 2.45. The van der Waals surface area contributed by atoms with Crippen molar-refractivity contribution in [3.05, 3.63) is 29.3 Å². The van der Waals surface area contributed by atoms with Crippen LogP contribution in [-0.2, 0) is 6.42 Å². The second kappa shape index (κ2) is 4.53. The Labute approximate surface area is 109 Å². The molecule has 94 valence electrons. The summed E-state index contributed by atoms with van der Waals surface area (Å²) in [7, 11) is 0. The summed E-state index contributed by atoms with van der Waals surface area (Å²) in [5, 5.41) is 0.106. The predicted octanol–water partition coefficient (Wildman–Crippen LogP) is 4.73. The lowest BCUT2D eigenvalue weighted by Gasteiger charge is -2.17. The van der Waals surface area contributed by atoms with Gasteiger partial charge in [-0.25, -0.2) is 0 Å². The standard InChI is InChI=1S/C15H21ClO/c1-5-10(2)14(16)11-6-7-13-12(8-11)9-15(3,4)17-13/h6-8,10,14H,5,9H2,1-4H3. The van der Waals surface area contributed by atoms with Crippen molar-refractivity contribution in [2.45, 2.75) is 51.5 Å². The van der Waals surface area contributed by atoms with E-state index in [0.29, 0.717) is 5.92 Å². The number of hydrogen-bond donors (Lipinski definition) is 0. The molecule has 0 N–H and O–H groups in total. The van der Waals surface area contributed by atoms with Gasteiger partial charge in [-0.05, 0) is 37.0 Å². The zero-order valence-electron chi connectivity index (χ0n) is 11.1. The second-order valence-corrected chi connectivity index (χ2v) is 6.16. The first-order valence-electron chi connectivity index (χ1n) is 6.39. The zero-order chi connectivity index (χ0) is 12.6. The molecule has 1 aromatic rings. The van der Waals surface area contributed by atoms with E-state index < -0.39 is 0 Å². The number of fused-ring (bicyclic) bond motifs is 1. The molecule has 1 aromatic carbocycles. The maximum Gasteiger partial charge on any atom is 0.123 e. The predicted molar refractivity (Wildman–Crippen MR) is 72.9 cm³/mol. The Morgan fingerprint density at radius 1 is 1.41 bits per heavy atom. The van der Waals surface area contributed by atoms with Crippen LogP contribution in [0.15, 0.2) is 18.2 Å². The van der Waals surface area contributed by atoms with E-state index in [1.54, 1.807) is 0 Å². The van der Waals surface area contributed by atoms with Crippen molar-refractivity contribution < 1.29 is 4.74 Å². The Hall–Kier alpha value is -0.690. The Kier molecular flexibility index (Phi) is 3.40. The molecule has 0 radical (unpaired) electrons. The Morgan fingerprint density at radius 2 is 2.12 bits per heavy atom. The number of ether oxygens (including phenoxy) is 1. The van der Waals surface area contributed by atoms with Gasteiger partial charge in [0.15, 0.2) is 0 Å². The normalized spacial score (nSPS) is 20.5. The van der Waals surface area contributed by atoms with Crippen LogP contribution in [0.3, 0.4) is 0 Å². The number of hydrogen-bond acceptors (Lipinski definition) is 1. The maximum absolute atomic E-state index is 6.49. The zero-order valence-corrected chi connectivity index (χ0v) is 11.8. The molecule has 1 heterocycles. The molecule has 1 aliphatic rings. The minimum atomic E-state index is -0.0703. The molecule has 0 bridgehead atoms. The smallest absolute Gasteiger partial charge is 0.123 e. The van der Waals surface area contributed by atoms with Gasteiger partial charge in [0.2, 0.25) is 0 Å². The van der Waals surface area contributed by atoms with Crippen molar-refractivity contribution in [1.29, 1.82) is 0 Å². The molecule has 2 atom stereocenters. The molecule has 0 spiro atoms. The molecule has 2 rings (SSSR count). The fourth-order valence-corrected chi connectivity index (χ4v) is 2.65. The van der Waals surface area contributed by atoms with Gasteiger partial charge in [-0.3, -0.25) is 0 Å². The molecular weight excluding hydrogens is 232 g/mol. The average molecular weight is 253 g/mol. The van der Waals surface area contributed by atoms with E-state index in [9.17, 15) is 0 Å². The summed E-state index contributed by atoms with van der Waals surface area (Å²) in [4.78, 5) is 0. The molecule has 0 amide bonds. The molecule has 17 heavy (non-hydrogen) atoms. The van der Waals surface area contributed by atoms with E-state index in [1.807, 2.05) is 0 Å². The van der Waals surface area contributed by atoms with E-state index in [1.165, 1.54) is 11.1 Å². The third-order valence-corrected chi connectivity index (χ3v) is 4.23. The lowest BCUT2D eigenvalue weighted by molar-refractivity contribution is 0.138. The Balaban J connectivity index is 2.24. The molecule has 0 aromatic heterocycles. The van der Waals surface area contributed by atoms with Crippen LogP contribution in [0, 0.1) is 5.92 Å². The lowest BCUT2D eigenvalue weighted by Crippen LogP contribution is -2.24. The summed E-state index contributed by atoms with van der Waals surface area (Å²) in [6.45, 7) is 8.63. The number of benzene rings is 1. The van der Waals surface area contributed by atoms with Gasteiger partial charge in [-0.2, -0.15) is 0 Å². The molecule has 0 saturated heterocycles. The van der Waals surface area contributed by atoms with Gasteiger partial charge in [-0.1, -0.05) is 32.4 Å². The SMILES string of the molecule is CCC(C)C(Cl)c1ccc2c(c1)CC(C)(C)O2. The highest BCUT2D eigenvalue weighted by Crippen LogP contribution is 2.39. The minimum Gasteiger partial charge on any atom is -0.487 e. The summed E-state index contributed by atoms with van der Waals surface area (Å²) in [6.07, 6.45) is 2.08. The van der Waals surface area contributed by atoms with Crippen LogP contribution in [0.1, 0.15) is 50.6 Å². The summed E-state index contributed by atoms with van der Waals surface area (Å²) in [5.74, 6) is 1.52. The van der Waals surface area contributed by atoms with Gasteiger partial charge in [0.1, 0.15) is 11.4 Å². The Bertz CT molecular complexity index is 411. The molecule has 0 saturated carbocycles. The van der Waals surface area contributed by atoms with Gasteiger partial charge in [-0.15, -0.1) is 11.6 Å². The highest BCUT2D eigenvalue weighted by molar-refractivity contribution is 6.21. The van der Waals surface area contributed by atoms with Gasteiger partial charge in [0.25, 0.3) is 0 Å². The van der Waals surface area contributed by atoms with Crippen molar-refractivity contribution in [3.8, 4) is 5.75 Å². The average Bonchev–Trinajstić information content (AvgIpc) is 2.59. The van der Waals surface area contributed by atoms with Crippen LogP contribution < -0.4 is 4.74 Å². The molecule has 0 fully saturated rings. The molecule has 0 aliphatic carbocycles. The lowest BCUT2D eigenvalue weighted by atomic mass is 9.94. The third kappa shape index (κ3) is 2.60. The first-order chi connectivity index (χ1) is 7.93. The molecule has 2 heteroatoms. The van der Waals surface area contributed by atoms with Crippen molar-refractivity contribution in [1.82, 2.24) is 0 Å². The summed E-state index contributed by atoms with van der Waals surface area (Å²) >= 11 is 6.49. The van der Waals surface area contributed by atoms with E-state index in [0.717, 1.165) is 18.6 Å². The third-order valence-electron chi connectivity index (χ3n) is 3.55. The van der Waals surface area contributed by atoms with Crippen LogP contribution in [0.2, 0.25) is 0 Å². The summed E-state index contributed by atoms with van der Waals surface area (Å²) < 4.78 is 5.87. The summed E-state index contributed by atoms with van der Waals surface area (Å²) in [6, 6.07) is 6.38. The monoisotopic (exact) mass is 252 g/mol. The van der Waals surface area contributed by atoms with Crippen LogP contribution in [0.25, 0.3) is 0 Å². The fraction of sp³-hybridized carbons (Fsp3) is 0.600. The van der Waals surface area contributed by atoms with E-state index in [4.69, 9.17) is 16.3 Å². The first-order valence-corrected chi connectivity index (χ1v) is 6.82. The highest BCUT2D eigenvalue weighted by atomic mass is 35.5. The van der Waals surface area contributed by atoms with Crippen LogP contribution in [0.5, 0.6) is 5.75 Å². The largest absolute Gasteiger partial charge is 0.487 e. The van der Waals surface area contributed by atoms with E-state index in [2.05, 4.69) is 45.9 Å². The number of alkyl halides is 1. The van der Waals surface area contributed by atoms with Gasteiger partial charge in [0, 0.05) is 6.42 Å². The minimum absolute atomic E-state index is 0.0703. The van der Waals surface area contributed by atoms with Crippen LogP contribution >= 0.6 is 11.6 Å². The quantitative estimate of drug-likeness (QED) is 0.707. The van der Waals surface area contributed by atoms with Crippen molar-refractivity contribution in [2.24, 2.45) is 5.92 Å². The first kappa shape index (κ1) is 12.8. The topological polar surface area (TPSA) is 9.23 Å². The van der Waals surface area contributed by atoms with Gasteiger partial charge >= 0.3 is 0 Å². The number of halogens is 1. The molecular formula is C15H21ClO. The van der Waals surface area contributed by atoms with Crippen molar-refractivity contribution >= 4 is 11.6 Å². The van der Waals surface area contributed by atoms with E-state index >= 15 is 0 Å². The van der Waals surface area contributed by atoms with Gasteiger partial charge in [0.05, 0.1) is 5.38 Å². The van der Waals surface area contributed by atoms with E-state index in [-0.39, 0.29) is 11.0 Å². The van der Waals surface area contributed by atoms with Crippen molar-refractivity contribution in [3.63, 3.8) is 0 Å². The maximum atomic E-state index is 6.49. The number of rotatable bonds is 3. The molecule has 2 unspecified atom stereocenters. The van der Waals surface area contributed by atoms with Crippen molar-refractivity contribution in [2.75, 3.05) is 0 Å². The molecule has 1 aliphatic heterocycles. The fourth-order valence-electron chi connectivity index (χ4n) is 2.34. The van der Waals surface area contributed by atoms with Crippen LogP contribution in [0.4, 0.5) is 0 Å². The molecule has 1 nitrogen and oxygen atoms in total. The highest BCUT2D eigenvalue weighted by Gasteiger charge is 2.30. The van der Waals surface area contributed by atoms with Gasteiger partial charge < -0.3 is 4.74 Å². The second-order valence-electron chi connectivity index (χ2n) is 5.69.